The van der Waals surface area contributed by atoms with Crippen LogP contribution in [-0.2, 0) is 14.3 Å². The molecule has 0 aromatic rings. The molecule has 1 heterocycles. The van der Waals surface area contributed by atoms with Gasteiger partial charge >= 0.3 is 5.97 Å². The number of carbonyl (C=O) groups is 1. The summed E-state index contributed by atoms with van der Waals surface area (Å²) in [5, 5.41) is 10.7. The van der Waals surface area contributed by atoms with Gasteiger partial charge in [0.15, 0.2) is 0 Å². The smallest absolute Gasteiger partial charge is 0.302 e. The summed E-state index contributed by atoms with van der Waals surface area (Å²) in [6.45, 7) is 20.4. The van der Waals surface area contributed by atoms with E-state index in [1.54, 1.807) is 6.92 Å². The first-order chi connectivity index (χ1) is 16.5. The summed E-state index contributed by atoms with van der Waals surface area (Å²) >= 11 is 0. The van der Waals surface area contributed by atoms with Gasteiger partial charge in [0.25, 0.3) is 0 Å². The lowest BCUT2D eigenvalue weighted by Gasteiger charge is -2.70. The maximum atomic E-state index is 11.9. The quantitative estimate of drug-likeness (QED) is 0.411. The summed E-state index contributed by atoms with van der Waals surface area (Å²) in [7, 11) is 0. The minimum absolute atomic E-state index is 0.0211. The molecular formula is C32H54O4. The summed E-state index contributed by atoms with van der Waals surface area (Å²) in [6, 6.07) is 0. The number of hydrogen-bond donors (Lipinski definition) is 1. The van der Waals surface area contributed by atoms with Gasteiger partial charge in [0, 0.05) is 12.3 Å². The average molecular weight is 503 g/mol. The Labute approximate surface area is 220 Å². The normalized spacial score (nSPS) is 52.3. The average Bonchev–Trinajstić information content (AvgIpc) is 3.32. The zero-order valence-corrected chi connectivity index (χ0v) is 24.7. The van der Waals surface area contributed by atoms with Crippen LogP contribution in [0.5, 0.6) is 0 Å². The highest BCUT2D eigenvalue weighted by Gasteiger charge is 2.70. The third-order valence-electron chi connectivity index (χ3n) is 13.5. The first-order valence-electron chi connectivity index (χ1n) is 15.1. The van der Waals surface area contributed by atoms with Gasteiger partial charge < -0.3 is 14.6 Å². The fourth-order valence-electron chi connectivity index (χ4n) is 11.5. The van der Waals surface area contributed by atoms with Crippen molar-refractivity contribution in [3.8, 4) is 0 Å². The van der Waals surface area contributed by atoms with E-state index in [0.717, 1.165) is 25.2 Å². The van der Waals surface area contributed by atoms with Crippen LogP contribution in [0.1, 0.15) is 127 Å². The predicted octanol–water partition coefficient (Wildman–Crippen LogP) is 7.31. The summed E-state index contributed by atoms with van der Waals surface area (Å²) in [5.74, 6) is 2.49. The second-order valence-electron chi connectivity index (χ2n) is 15.9. The number of ether oxygens (including phenoxy) is 2. The van der Waals surface area contributed by atoms with E-state index in [9.17, 15) is 9.90 Å². The molecule has 10 atom stereocenters. The fourth-order valence-corrected chi connectivity index (χ4v) is 11.5. The van der Waals surface area contributed by atoms with Crippen molar-refractivity contribution >= 4 is 5.97 Å². The highest BCUT2D eigenvalue weighted by atomic mass is 16.5. The van der Waals surface area contributed by atoms with Gasteiger partial charge in [-0.2, -0.15) is 0 Å². The molecule has 4 heteroatoms. The van der Waals surface area contributed by atoms with Gasteiger partial charge in [-0.05, 0) is 125 Å². The zero-order chi connectivity index (χ0) is 26.5. The van der Waals surface area contributed by atoms with Crippen LogP contribution in [0, 0.1) is 45.3 Å². The molecule has 0 spiro atoms. The maximum absolute atomic E-state index is 11.9. The van der Waals surface area contributed by atoms with Gasteiger partial charge in [0.1, 0.15) is 6.10 Å². The van der Waals surface area contributed by atoms with Crippen LogP contribution < -0.4 is 0 Å². The second kappa shape index (κ2) is 8.20. The minimum Gasteiger partial charge on any atom is -0.462 e. The van der Waals surface area contributed by atoms with Gasteiger partial charge in [-0.1, -0.05) is 34.6 Å². The highest BCUT2D eigenvalue weighted by Crippen LogP contribution is 2.76. The Bertz CT molecular complexity index is 889. The fraction of sp³-hybridized carbons (Fsp3) is 0.969. The molecule has 5 aliphatic rings. The molecule has 36 heavy (non-hydrogen) atoms. The van der Waals surface area contributed by atoms with E-state index in [4.69, 9.17) is 9.47 Å². The van der Waals surface area contributed by atoms with Crippen LogP contribution in [0.15, 0.2) is 0 Å². The van der Waals surface area contributed by atoms with Crippen molar-refractivity contribution in [3.63, 3.8) is 0 Å². The molecule has 1 saturated heterocycles. The Balaban J connectivity index is 1.42. The Morgan fingerprint density at radius 1 is 0.806 bits per heavy atom. The van der Waals surface area contributed by atoms with Gasteiger partial charge in [-0.3, -0.25) is 4.79 Å². The van der Waals surface area contributed by atoms with Crippen molar-refractivity contribution in [2.45, 2.75) is 150 Å². The SMILES string of the molecule is CC(=O)OC1CC[C@@]2(C)C(CC[C@]3(C)C2CCC2[C@@H]([C@@]4(C)CC[C@@H](C(C)(C)O)O4)CC[C@]23C)C1(C)C. The van der Waals surface area contributed by atoms with Gasteiger partial charge in [0.2, 0.25) is 0 Å². The summed E-state index contributed by atoms with van der Waals surface area (Å²) in [5.41, 5.74) is 0.122. The van der Waals surface area contributed by atoms with Crippen LogP contribution in [0.4, 0.5) is 0 Å². The molecule has 4 nitrogen and oxygen atoms in total. The lowest BCUT2D eigenvalue weighted by molar-refractivity contribution is -0.231. The van der Waals surface area contributed by atoms with E-state index in [2.05, 4.69) is 41.5 Å². The van der Waals surface area contributed by atoms with Crippen molar-refractivity contribution in [3.05, 3.63) is 0 Å². The third kappa shape index (κ3) is 3.62. The number of rotatable bonds is 3. The molecule has 5 fully saturated rings. The van der Waals surface area contributed by atoms with Crippen LogP contribution in [-0.4, -0.2) is 34.5 Å². The van der Waals surface area contributed by atoms with Crippen LogP contribution in [0.25, 0.3) is 0 Å². The summed E-state index contributed by atoms with van der Waals surface area (Å²) in [4.78, 5) is 11.9. The van der Waals surface area contributed by atoms with Gasteiger partial charge in [-0.15, -0.1) is 0 Å². The van der Waals surface area contributed by atoms with E-state index < -0.39 is 5.60 Å². The zero-order valence-electron chi connectivity index (χ0n) is 24.7. The van der Waals surface area contributed by atoms with Crippen molar-refractivity contribution in [1.29, 1.82) is 0 Å². The molecule has 0 bridgehead atoms. The molecule has 4 saturated carbocycles. The predicted molar refractivity (Wildman–Crippen MR) is 143 cm³/mol. The molecule has 0 aromatic heterocycles. The molecule has 1 N–H and O–H groups in total. The van der Waals surface area contributed by atoms with Crippen molar-refractivity contribution in [1.82, 2.24) is 0 Å². The third-order valence-corrected chi connectivity index (χ3v) is 13.5. The number of esters is 1. The first kappa shape index (κ1) is 27.0. The molecule has 0 aromatic carbocycles. The van der Waals surface area contributed by atoms with E-state index in [-0.39, 0.29) is 29.2 Å². The topological polar surface area (TPSA) is 55.8 Å². The molecule has 0 amide bonds. The lowest BCUT2D eigenvalue weighted by Crippen LogP contribution is -2.64. The van der Waals surface area contributed by atoms with Crippen molar-refractivity contribution < 1.29 is 19.4 Å². The largest absolute Gasteiger partial charge is 0.462 e. The van der Waals surface area contributed by atoms with E-state index in [1.807, 2.05) is 13.8 Å². The minimum atomic E-state index is -0.770. The van der Waals surface area contributed by atoms with E-state index in [0.29, 0.717) is 34.0 Å². The van der Waals surface area contributed by atoms with Gasteiger partial charge in [0.05, 0.1) is 17.3 Å². The highest BCUT2D eigenvalue weighted by molar-refractivity contribution is 5.66. The maximum Gasteiger partial charge on any atom is 0.302 e. The number of fused-ring (bicyclic) bond motifs is 5. The van der Waals surface area contributed by atoms with Crippen LogP contribution >= 0.6 is 0 Å². The van der Waals surface area contributed by atoms with Crippen molar-refractivity contribution in [2.75, 3.05) is 0 Å². The molecule has 1 aliphatic heterocycles. The molecule has 0 radical (unpaired) electrons. The lowest BCUT2D eigenvalue weighted by atomic mass is 9.35. The molecule has 4 unspecified atom stereocenters. The molecular weight excluding hydrogens is 448 g/mol. The Morgan fingerprint density at radius 3 is 2.08 bits per heavy atom. The number of hydrogen-bond acceptors (Lipinski definition) is 4. The Kier molecular flexibility index (Phi) is 6.14. The summed E-state index contributed by atoms with van der Waals surface area (Å²) < 4.78 is 12.6. The van der Waals surface area contributed by atoms with Crippen molar-refractivity contribution in [2.24, 2.45) is 45.3 Å². The van der Waals surface area contributed by atoms with E-state index >= 15 is 0 Å². The van der Waals surface area contributed by atoms with Crippen LogP contribution in [0.3, 0.4) is 0 Å². The Hall–Kier alpha value is -0.610. The Morgan fingerprint density at radius 2 is 1.47 bits per heavy atom. The van der Waals surface area contributed by atoms with E-state index in [1.165, 1.54) is 44.9 Å². The standard InChI is InChI=1S/C32H54O4/c1-20(33)35-25-14-16-29(6)23(27(25,2)3)13-18-31(8)24(29)11-10-21-22(12-17-30(21,31)7)32(9)19-15-26(36-32)28(4,5)34/h21-26,34H,10-19H2,1-9H3/t21?,22-,23?,24?,25?,26-,29-,30+,31+,32+/m0/s1. The molecule has 206 valence electrons. The number of aliphatic hydroxyl groups is 1. The molecule has 4 aliphatic carbocycles. The number of carbonyl (C=O) groups excluding carboxylic acids is 1. The molecule has 5 rings (SSSR count). The van der Waals surface area contributed by atoms with Gasteiger partial charge in [-0.25, -0.2) is 0 Å². The summed E-state index contributed by atoms with van der Waals surface area (Å²) in [6.07, 6.45) is 11.9. The monoisotopic (exact) mass is 502 g/mol. The van der Waals surface area contributed by atoms with Crippen LogP contribution in [0.2, 0.25) is 0 Å². The first-order valence-corrected chi connectivity index (χ1v) is 15.1. The second-order valence-corrected chi connectivity index (χ2v) is 15.9.